The fourth-order valence-corrected chi connectivity index (χ4v) is 3.22. The van der Waals surface area contributed by atoms with Gasteiger partial charge in [0.25, 0.3) is 5.91 Å². The van der Waals surface area contributed by atoms with Gasteiger partial charge in [0.05, 0.1) is 6.61 Å². The van der Waals surface area contributed by atoms with E-state index in [0.29, 0.717) is 31.2 Å². The third-order valence-electron chi connectivity index (χ3n) is 4.47. The van der Waals surface area contributed by atoms with Gasteiger partial charge in [-0.25, -0.2) is 4.98 Å². The van der Waals surface area contributed by atoms with E-state index in [4.69, 9.17) is 5.11 Å². The van der Waals surface area contributed by atoms with E-state index < -0.39 is 0 Å². The summed E-state index contributed by atoms with van der Waals surface area (Å²) in [6.45, 7) is 3.50. The number of hydrogen-bond donors (Lipinski definition) is 2. The van der Waals surface area contributed by atoms with Crippen LogP contribution in [0.5, 0.6) is 0 Å². The Morgan fingerprint density at radius 2 is 2.04 bits per heavy atom. The monoisotopic (exact) mass is 356 g/mol. The highest BCUT2D eigenvalue weighted by atomic mass is 16.3. The average molecular weight is 356 g/mol. The first-order valence-corrected chi connectivity index (χ1v) is 8.96. The summed E-state index contributed by atoms with van der Waals surface area (Å²) >= 11 is 0. The van der Waals surface area contributed by atoms with E-state index in [1.807, 2.05) is 41.8 Å². The van der Waals surface area contributed by atoms with Crippen LogP contribution >= 0.6 is 0 Å². The smallest absolute Gasteiger partial charge is 0.271 e. The van der Waals surface area contributed by atoms with Gasteiger partial charge in [0.1, 0.15) is 17.6 Å². The van der Waals surface area contributed by atoms with Gasteiger partial charge in [-0.15, -0.1) is 0 Å². The standard InChI is InChI=1S/C19H24N4O3/c1-2-9-20-19(26)15-13-22-10-11-23(16(25)8-12-24)17(18(22)21-15)14-6-4-3-5-7-14/h3-7,13,17,24H,2,8-12H2,1H3,(H,20,26). The van der Waals surface area contributed by atoms with Crippen molar-refractivity contribution >= 4 is 11.8 Å². The van der Waals surface area contributed by atoms with Gasteiger partial charge in [0.15, 0.2) is 0 Å². The van der Waals surface area contributed by atoms with E-state index in [2.05, 4.69) is 10.3 Å². The van der Waals surface area contributed by atoms with Crippen molar-refractivity contribution in [1.29, 1.82) is 0 Å². The zero-order valence-corrected chi connectivity index (χ0v) is 14.9. The molecule has 1 aliphatic rings. The Kier molecular flexibility index (Phi) is 5.68. The number of rotatable bonds is 6. The Balaban J connectivity index is 1.97. The van der Waals surface area contributed by atoms with Crippen LogP contribution in [0.1, 0.15) is 47.7 Å². The second-order valence-electron chi connectivity index (χ2n) is 6.31. The lowest BCUT2D eigenvalue weighted by Crippen LogP contribution is -2.43. The summed E-state index contributed by atoms with van der Waals surface area (Å²) in [4.78, 5) is 31.1. The van der Waals surface area contributed by atoms with Gasteiger partial charge >= 0.3 is 0 Å². The second kappa shape index (κ2) is 8.14. The van der Waals surface area contributed by atoms with Crippen LogP contribution in [-0.4, -0.2) is 51.1 Å². The van der Waals surface area contributed by atoms with Gasteiger partial charge in [-0.1, -0.05) is 37.3 Å². The Morgan fingerprint density at radius 1 is 1.27 bits per heavy atom. The molecule has 0 saturated carbocycles. The molecule has 3 rings (SSSR count). The molecule has 2 heterocycles. The van der Waals surface area contributed by atoms with Crippen LogP contribution in [0.4, 0.5) is 0 Å². The number of aromatic nitrogens is 2. The highest BCUT2D eigenvalue weighted by Gasteiger charge is 2.34. The van der Waals surface area contributed by atoms with Crippen molar-refractivity contribution in [2.75, 3.05) is 19.7 Å². The molecule has 0 bridgehead atoms. The molecule has 7 nitrogen and oxygen atoms in total. The van der Waals surface area contributed by atoms with Gasteiger partial charge in [-0.2, -0.15) is 0 Å². The fourth-order valence-electron chi connectivity index (χ4n) is 3.22. The summed E-state index contributed by atoms with van der Waals surface area (Å²) in [7, 11) is 0. The predicted molar refractivity (Wildman–Crippen MR) is 96.6 cm³/mol. The first-order valence-electron chi connectivity index (χ1n) is 8.96. The van der Waals surface area contributed by atoms with Crippen LogP contribution in [0.2, 0.25) is 0 Å². The number of benzene rings is 1. The molecule has 138 valence electrons. The second-order valence-corrected chi connectivity index (χ2v) is 6.31. The first kappa shape index (κ1) is 18.1. The lowest BCUT2D eigenvalue weighted by molar-refractivity contribution is -0.134. The number of aliphatic hydroxyl groups excluding tert-OH is 1. The van der Waals surface area contributed by atoms with E-state index in [1.165, 1.54) is 0 Å². The molecule has 1 aliphatic heterocycles. The molecular formula is C19H24N4O3. The van der Waals surface area contributed by atoms with Gasteiger partial charge in [0, 0.05) is 32.3 Å². The van der Waals surface area contributed by atoms with Crippen molar-refractivity contribution in [3.8, 4) is 0 Å². The lowest BCUT2D eigenvalue weighted by atomic mass is 10.0. The number of hydrogen-bond acceptors (Lipinski definition) is 4. The summed E-state index contributed by atoms with van der Waals surface area (Å²) in [6, 6.07) is 9.29. The van der Waals surface area contributed by atoms with Crippen LogP contribution in [0, 0.1) is 0 Å². The zero-order chi connectivity index (χ0) is 18.5. The number of amides is 2. The van der Waals surface area contributed by atoms with Crippen LogP contribution in [-0.2, 0) is 11.3 Å². The van der Waals surface area contributed by atoms with E-state index in [0.717, 1.165) is 12.0 Å². The number of aliphatic hydroxyl groups is 1. The maximum atomic E-state index is 12.5. The Hall–Kier alpha value is -2.67. The normalized spacial score (nSPS) is 16.2. The van der Waals surface area contributed by atoms with E-state index >= 15 is 0 Å². The van der Waals surface area contributed by atoms with Crippen LogP contribution in [0.25, 0.3) is 0 Å². The molecule has 2 amide bonds. The SMILES string of the molecule is CCCNC(=O)c1cn2c(n1)C(c1ccccc1)N(C(=O)CCO)CC2. The number of fused-ring (bicyclic) bond motifs is 1. The van der Waals surface area contributed by atoms with Gasteiger partial charge < -0.3 is 19.9 Å². The number of nitrogens with one attached hydrogen (secondary N) is 1. The molecular weight excluding hydrogens is 332 g/mol. The molecule has 26 heavy (non-hydrogen) atoms. The predicted octanol–water partition coefficient (Wildman–Crippen LogP) is 1.34. The largest absolute Gasteiger partial charge is 0.396 e. The highest BCUT2D eigenvalue weighted by molar-refractivity contribution is 5.92. The molecule has 2 N–H and O–H groups in total. The van der Waals surface area contributed by atoms with Crippen molar-refractivity contribution in [2.24, 2.45) is 0 Å². The third kappa shape index (κ3) is 3.62. The van der Waals surface area contributed by atoms with Crippen molar-refractivity contribution < 1.29 is 14.7 Å². The molecule has 1 aromatic carbocycles. The highest BCUT2D eigenvalue weighted by Crippen LogP contribution is 2.32. The average Bonchev–Trinajstić information content (AvgIpc) is 3.10. The van der Waals surface area contributed by atoms with E-state index in [9.17, 15) is 9.59 Å². The van der Waals surface area contributed by atoms with Crippen molar-refractivity contribution in [2.45, 2.75) is 32.4 Å². The summed E-state index contributed by atoms with van der Waals surface area (Å²) < 4.78 is 1.95. The number of nitrogens with zero attached hydrogens (tertiary/aromatic N) is 3. The molecule has 0 spiro atoms. The van der Waals surface area contributed by atoms with Crippen LogP contribution < -0.4 is 5.32 Å². The minimum absolute atomic E-state index is 0.0773. The van der Waals surface area contributed by atoms with Crippen LogP contribution in [0.15, 0.2) is 36.5 Å². The van der Waals surface area contributed by atoms with Crippen molar-refractivity contribution in [3.05, 3.63) is 53.6 Å². The zero-order valence-electron chi connectivity index (χ0n) is 14.9. The molecule has 1 atom stereocenters. The maximum Gasteiger partial charge on any atom is 0.271 e. The topological polar surface area (TPSA) is 87.5 Å². The Labute approximate surface area is 152 Å². The van der Waals surface area contributed by atoms with Gasteiger partial charge in [0.2, 0.25) is 5.91 Å². The fraction of sp³-hybridized carbons (Fsp3) is 0.421. The molecule has 2 aromatic rings. The Morgan fingerprint density at radius 3 is 2.73 bits per heavy atom. The number of carbonyl (C=O) groups excluding carboxylic acids is 2. The third-order valence-corrected chi connectivity index (χ3v) is 4.47. The molecule has 1 aromatic heterocycles. The van der Waals surface area contributed by atoms with Crippen molar-refractivity contribution in [3.63, 3.8) is 0 Å². The summed E-state index contributed by atoms with van der Waals surface area (Å²) in [5.74, 6) is 0.358. The summed E-state index contributed by atoms with van der Waals surface area (Å²) in [5, 5.41) is 12.0. The van der Waals surface area contributed by atoms with Gasteiger partial charge in [-0.3, -0.25) is 9.59 Å². The van der Waals surface area contributed by atoms with Crippen LogP contribution in [0.3, 0.4) is 0 Å². The minimum atomic E-state index is -0.364. The molecule has 0 saturated heterocycles. The minimum Gasteiger partial charge on any atom is -0.396 e. The van der Waals surface area contributed by atoms with E-state index in [1.54, 1.807) is 11.1 Å². The van der Waals surface area contributed by atoms with E-state index in [-0.39, 0.29) is 30.9 Å². The van der Waals surface area contributed by atoms with Crippen molar-refractivity contribution in [1.82, 2.24) is 19.8 Å². The Bertz CT molecular complexity index is 772. The summed E-state index contributed by atoms with van der Waals surface area (Å²) in [5.41, 5.74) is 1.30. The molecule has 7 heteroatoms. The maximum absolute atomic E-state index is 12.5. The van der Waals surface area contributed by atoms with Gasteiger partial charge in [-0.05, 0) is 12.0 Å². The molecule has 0 aliphatic carbocycles. The molecule has 0 fully saturated rings. The molecule has 1 unspecified atom stereocenters. The quantitative estimate of drug-likeness (QED) is 0.818. The molecule has 0 radical (unpaired) electrons. The number of carbonyl (C=O) groups is 2. The summed E-state index contributed by atoms with van der Waals surface area (Å²) in [6.07, 6.45) is 2.69. The first-order chi connectivity index (χ1) is 12.7. The number of imidazole rings is 1. The lowest BCUT2D eigenvalue weighted by Gasteiger charge is -2.36.